The van der Waals surface area contributed by atoms with Gasteiger partial charge in [0.1, 0.15) is 5.69 Å². The Hall–Kier alpha value is -3.75. The summed E-state index contributed by atoms with van der Waals surface area (Å²) in [5.41, 5.74) is 2.71. The van der Waals surface area contributed by atoms with E-state index in [0.717, 1.165) is 31.3 Å². The molecular formula is C29H32N4O4. The highest BCUT2D eigenvalue weighted by Crippen LogP contribution is 2.29. The monoisotopic (exact) mass is 500 g/mol. The van der Waals surface area contributed by atoms with Crippen LogP contribution in [0.4, 0.5) is 0 Å². The zero-order chi connectivity index (χ0) is 26.1. The Morgan fingerprint density at radius 3 is 2.41 bits per heavy atom. The van der Waals surface area contributed by atoms with Gasteiger partial charge in [-0.1, -0.05) is 48.5 Å². The van der Waals surface area contributed by atoms with E-state index in [2.05, 4.69) is 10.2 Å². The molecule has 1 fully saturated rings. The first kappa shape index (κ1) is 24.9. The predicted molar refractivity (Wildman–Crippen MR) is 144 cm³/mol. The lowest BCUT2D eigenvalue weighted by Gasteiger charge is -2.31. The highest BCUT2D eigenvalue weighted by atomic mass is 16.3. The third-order valence-electron chi connectivity index (χ3n) is 7.50. The maximum atomic E-state index is 13.8. The molecule has 5 rings (SSSR count). The minimum Gasteiger partial charge on any atom is -0.395 e. The number of nitrogens with zero attached hydrogens (tertiary/aromatic N) is 3. The van der Waals surface area contributed by atoms with Crippen molar-refractivity contribution < 1.29 is 14.7 Å². The van der Waals surface area contributed by atoms with Gasteiger partial charge in [-0.2, -0.15) is 0 Å². The number of likely N-dealkylation sites (tertiary alicyclic amines) is 1. The molecule has 192 valence electrons. The van der Waals surface area contributed by atoms with Crippen molar-refractivity contribution in [1.29, 1.82) is 0 Å². The molecule has 0 spiro atoms. The van der Waals surface area contributed by atoms with Crippen LogP contribution in [0.25, 0.3) is 21.8 Å². The molecule has 0 radical (unpaired) electrons. The van der Waals surface area contributed by atoms with E-state index < -0.39 is 0 Å². The molecule has 8 heteroatoms. The van der Waals surface area contributed by atoms with Crippen LogP contribution >= 0.6 is 0 Å². The number of Topliss-reactive ketones (excluding diaryl/α,β-unsaturated/α-hetero) is 1. The minimum atomic E-state index is -0.276. The summed E-state index contributed by atoms with van der Waals surface area (Å²) in [5.74, 6) is -0.349. The van der Waals surface area contributed by atoms with E-state index in [1.807, 2.05) is 41.9 Å². The number of ketones is 1. The van der Waals surface area contributed by atoms with Crippen LogP contribution in [0.15, 0.2) is 59.4 Å². The third-order valence-corrected chi connectivity index (χ3v) is 7.50. The topological polar surface area (TPSA) is 96.6 Å². The fraction of sp³-hybridized carbons (Fsp3) is 0.345. The molecule has 0 saturated carbocycles. The minimum absolute atomic E-state index is 0.0387. The van der Waals surface area contributed by atoms with Crippen LogP contribution in [0.1, 0.15) is 39.3 Å². The summed E-state index contributed by atoms with van der Waals surface area (Å²) in [6, 6.07) is 16.5. The first-order chi connectivity index (χ1) is 17.9. The molecule has 0 aliphatic carbocycles. The summed E-state index contributed by atoms with van der Waals surface area (Å²) in [6.45, 7) is 4.15. The first-order valence-corrected chi connectivity index (χ1v) is 12.7. The molecule has 2 aromatic heterocycles. The van der Waals surface area contributed by atoms with Gasteiger partial charge in [-0.25, -0.2) is 0 Å². The standard InChI is InChI=1S/C29H32N4O4/c1-19-25-27(31(2)26(19)28(36)30-21-12-14-32(15-13-21)16-17-34)22-10-6-7-11-23(22)33(29(25)37)18-24(35)20-8-4-3-5-9-20/h3-11,21,34H,12-18H2,1-2H3,(H,30,36). The molecule has 4 aromatic rings. The van der Waals surface area contributed by atoms with E-state index >= 15 is 0 Å². The zero-order valence-electron chi connectivity index (χ0n) is 21.2. The van der Waals surface area contributed by atoms with Crippen LogP contribution in [-0.2, 0) is 13.6 Å². The van der Waals surface area contributed by atoms with Crippen molar-refractivity contribution in [3.8, 4) is 0 Å². The maximum Gasteiger partial charge on any atom is 0.268 e. The van der Waals surface area contributed by atoms with Gasteiger partial charge in [-0.3, -0.25) is 19.0 Å². The number of fused-ring (bicyclic) bond motifs is 3. The van der Waals surface area contributed by atoms with Gasteiger partial charge in [-0.05, 0) is 31.4 Å². The Bertz CT molecular complexity index is 1530. The second-order valence-corrected chi connectivity index (χ2v) is 9.77. The van der Waals surface area contributed by atoms with Gasteiger partial charge in [0.05, 0.1) is 29.6 Å². The summed E-state index contributed by atoms with van der Waals surface area (Å²) in [6.07, 6.45) is 1.62. The normalized spacial score (nSPS) is 14.9. The molecule has 37 heavy (non-hydrogen) atoms. The zero-order valence-corrected chi connectivity index (χ0v) is 21.2. The number of hydrogen-bond acceptors (Lipinski definition) is 5. The van der Waals surface area contributed by atoms with E-state index in [1.165, 1.54) is 4.57 Å². The number of piperidine rings is 1. The van der Waals surface area contributed by atoms with E-state index in [4.69, 9.17) is 0 Å². The van der Waals surface area contributed by atoms with Crippen molar-refractivity contribution in [2.75, 3.05) is 26.2 Å². The van der Waals surface area contributed by atoms with E-state index in [9.17, 15) is 19.5 Å². The van der Waals surface area contributed by atoms with Gasteiger partial charge >= 0.3 is 0 Å². The van der Waals surface area contributed by atoms with Crippen LogP contribution in [0.3, 0.4) is 0 Å². The van der Waals surface area contributed by atoms with Crippen LogP contribution in [0.2, 0.25) is 0 Å². The molecule has 0 bridgehead atoms. The molecular weight excluding hydrogens is 468 g/mol. The molecule has 3 heterocycles. The Balaban J connectivity index is 1.54. The van der Waals surface area contributed by atoms with Crippen LogP contribution in [0, 0.1) is 6.92 Å². The number of aliphatic hydroxyl groups excluding tert-OH is 1. The molecule has 1 aliphatic heterocycles. The van der Waals surface area contributed by atoms with Gasteiger partial charge in [0.15, 0.2) is 5.78 Å². The van der Waals surface area contributed by atoms with Crippen LogP contribution < -0.4 is 10.9 Å². The third kappa shape index (κ3) is 4.58. The van der Waals surface area contributed by atoms with Gasteiger partial charge in [0, 0.05) is 43.7 Å². The lowest BCUT2D eigenvalue weighted by Crippen LogP contribution is -2.45. The van der Waals surface area contributed by atoms with E-state index in [1.54, 1.807) is 31.2 Å². The summed E-state index contributed by atoms with van der Waals surface area (Å²) in [4.78, 5) is 42.6. The van der Waals surface area contributed by atoms with E-state index in [0.29, 0.717) is 39.8 Å². The number of hydrogen-bond donors (Lipinski definition) is 2. The number of aryl methyl sites for hydroxylation is 2. The van der Waals surface area contributed by atoms with Crippen LogP contribution in [0.5, 0.6) is 0 Å². The molecule has 1 saturated heterocycles. The fourth-order valence-corrected chi connectivity index (χ4v) is 5.59. The molecule has 1 aliphatic rings. The summed E-state index contributed by atoms with van der Waals surface area (Å²) >= 11 is 0. The van der Waals surface area contributed by atoms with Crippen LogP contribution in [-0.4, -0.2) is 63.1 Å². The number of nitrogens with one attached hydrogen (secondary N) is 1. The van der Waals surface area contributed by atoms with Gasteiger partial charge < -0.3 is 19.9 Å². The second kappa shape index (κ2) is 10.3. The van der Waals surface area contributed by atoms with Crippen molar-refractivity contribution in [2.24, 2.45) is 7.05 Å². The average molecular weight is 501 g/mol. The molecule has 1 amide bonds. The number of carbonyl (C=O) groups excluding carboxylic acids is 2. The Kier molecular flexibility index (Phi) is 6.95. The number of rotatable bonds is 7. The molecule has 8 nitrogen and oxygen atoms in total. The van der Waals surface area contributed by atoms with Gasteiger partial charge in [0.25, 0.3) is 11.5 Å². The maximum absolute atomic E-state index is 13.8. The first-order valence-electron chi connectivity index (χ1n) is 12.7. The number of amides is 1. The SMILES string of the molecule is Cc1c(C(=O)NC2CCN(CCO)CC2)n(C)c2c1c(=O)n(CC(=O)c1ccccc1)c1ccccc21. The summed E-state index contributed by atoms with van der Waals surface area (Å²) in [5, 5.41) is 13.6. The number of para-hydroxylation sites is 1. The average Bonchev–Trinajstić information content (AvgIpc) is 3.18. The second-order valence-electron chi connectivity index (χ2n) is 9.77. The smallest absolute Gasteiger partial charge is 0.268 e. The highest BCUT2D eigenvalue weighted by Gasteiger charge is 2.27. The quantitative estimate of drug-likeness (QED) is 0.381. The van der Waals surface area contributed by atoms with Gasteiger partial charge in [0.2, 0.25) is 0 Å². The van der Waals surface area contributed by atoms with Crippen molar-refractivity contribution >= 4 is 33.5 Å². The number of aliphatic hydroxyl groups is 1. The van der Waals surface area contributed by atoms with Crippen molar-refractivity contribution in [3.05, 3.63) is 81.8 Å². The summed E-state index contributed by atoms with van der Waals surface area (Å²) < 4.78 is 3.34. The molecule has 0 unspecified atom stereocenters. The lowest BCUT2D eigenvalue weighted by atomic mass is 10.0. The largest absolute Gasteiger partial charge is 0.395 e. The molecule has 2 aromatic carbocycles. The number of benzene rings is 2. The molecule has 2 N–H and O–H groups in total. The number of aromatic nitrogens is 2. The number of β-amino-alcohol motifs (C(OH)–C–C–N with tert-alkyl or cyclic N) is 1. The van der Waals surface area contributed by atoms with E-state index in [-0.39, 0.29) is 36.4 Å². The van der Waals surface area contributed by atoms with Crippen molar-refractivity contribution in [1.82, 2.24) is 19.4 Å². The Labute approximate surface area is 215 Å². The number of pyridine rings is 1. The van der Waals surface area contributed by atoms with Crippen molar-refractivity contribution in [3.63, 3.8) is 0 Å². The predicted octanol–water partition coefficient (Wildman–Crippen LogP) is 2.87. The lowest BCUT2D eigenvalue weighted by molar-refractivity contribution is 0.0894. The fourth-order valence-electron chi connectivity index (χ4n) is 5.59. The highest BCUT2D eigenvalue weighted by molar-refractivity contribution is 6.10. The Morgan fingerprint density at radius 1 is 1.03 bits per heavy atom. The Morgan fingerprint density at radius 2 is 1.70 bits per heavy atom. The summed E-state index contributed by atoms with van der Waals surface area (Å²) in [7, 11) is 1.82. The van der Waals surface area contributed by atoms with Crippen molar-refractivity contribution in [2.45, 2.75) is 32.4 Å². The molecule has 0 atom stereocenters. The number of carbonyl (C=O) groups is 2. The van der Waals surface area contributed by atoms with Gasteiger partial charge in [-0.15, -0.1) is 0 Å².